The lowest BCUT2D eigenvalue weighted by Gasteiger charge is -2.09. The molecule has 0 fully saturated rings. The summed E-state index contributed by atoms with van der Waals surface area (Å²) in [5, 5.41) is 3.58. The second-order valence-corrected chi connectivity index (χ2v) is 8.00. The second kappa shape index (κ2) is 6.45. The molecule has 1 aromatic heterocycles. The van der Waals surface area contributed by atoms with Gasteiger partial charge in [0.25, 0.3) is 5.91 Å². The Kier molecular flexibility index (Phi) is 4.45. The number of carbonyl (C=O) groups excluding carboxylic acids is 1. The van der Waals surface area contributed by atoms with Gasteiger partial charge in [0.2, 0.25) is 10.0 Å². The molecule has 0 saturated carbocycles. The van der Waals surface area contributed by atoms with Gasteiger partial charge in [0.1, 0.15) is 11.5 Å². The zero-order valence-corrected chi connectivity index (χ0v) is 15.3. The van der Waals surface area contributed by atoms with E-state index < -0.39 is 21.7 Å². The lowest BCUT2D eigenvalue weighted by Crippen LogP contribution is -2.14. The number of aromatic nitrogens is 1. The van der Waals surface area contributed by atoms with Crippen molar-refractivity contribution in [1.82, 2.24) is 4.98 Å². The first-order chi connectivity index (χ1) is 12.1. The number of H-pyrrole nitrogens is 1. The molecule has 2 aromatic carbocycles. The van der Waals surface area contributed by atoms with Crippen LogP contribution in [-0.2, 0) is 10.0 Å². The van der Waals surface area contributed by atoms with E-state index >= 15 is 0 Å². The fourth-order valence-corrected chi connectivity index (χ4v) is 3.36. The molecular formula is C18H18FN3O3S. The molecule has 1 amide bonds. The predicted molar refractivity (Wildman–Crippen MR) is 101 cm³/mol. The van der Waals surface area contributed by atoms with E-state index in [-0.39, 0.29) is 11.4 Å². The van der Waals surface area contributed by atoms with Crippen molar-refractivity contribution >= 4 is 38.2 Å². The largest absolute Gasteiger partial charge is 0.351 e. The standard InChI is InChI=1S/C18H18FN3O3S/c1-10-6-11(2)13-9-17(21-15(13)7-10)18(23)20-12-4-5-14(19)16(8-12)22-26(3,24)25/h4-9,21-22H,1-3H3,(H,20,23). The van der Waals surface area contributed by atoms with Crippen LogP contribution in [0.15, 0.2) is 36.4 Å². The molecule has 0 aliphatic rings. The molecule has 0 radical (unpaired) electrons. The van der Waals surface area contributed by atoms with Crippen molar-refractivity contribution in [3.63, 3.8) is 0 Å². The van der Waals surface area contributed by atoms with Gasteiger partial charge in [0.05, 0.1) is 11.9 Å². The smallest absolute Gasteiger partial charge is 0.272 e. The van der Waals surface area contributed by atoms with E-state index in [4.69, 9.17) is 0 Å². The number of hydrogen-bond acceptors (Lipinski definition) is 3. The van der Waals surface area contributed by atoms with Crippen molar-refractivity contribution in [2.24, 2.45) is 0 Å². The Labute approximate surface area is 150 Å². The first-order valence-corrected chi connectivity index (χ1v) is 9.70. The molecule has 0 saturated heterocycles. The van der Waals surface area contributed by atoms with Crippen molar-refractivity contribution in [3.05, 3.63) is 59.0 Å². The number of amides is 1. The van der Waals surface area contributed by atoms with Gasteiger partial charge in [-0.25, -0.2) is 12.8 Å². The molecule has 1 heterocycles. The van der Waals surface area contributed by atoms with Gasteiger partial charge in [-0.2, -0.15) is 0 Å². The van der Waals surface area contributed by atoms with Crippen LogP contribution < -0.4 is 10.0 Å². The Balaban J connectivity index is 1.88. The molecule has 8 heteroatoms. The number of sulfonamides is 1. The van der Waals surface area contributed by atoms with Gasteiger partial charge in [-0.1, -0.05) is 6.07 Å². The number of nitrogens with one attached hydrogen (secondary N) is 3. The van der Waals surface area contributed by atoms with E-state index in [0.29, 0.717) is 5.69 Å². The third kappa shape index (κ3) is 3.85. The highest BCUT2D eigenvalue weighted by molar-refractivity contribution is 7.92. The summed E-state index contributed by atoms with van der Waals surface area (Å²) in [6.07, 6.45) is 0.923. The predicted octanol–water partition coefficient (Wildman–Crippen LogP) is 3.55. The Hall–Kier alpha value is -2.87. The number of carbonyl (C=O) groups is 1. The quantitative estimate of drug-likeness (QED) is 0.651. The number of fused-ring (bicyclic) bond motifs is 1. The lowest BCUT2D eigenvalue weighted by molar-refractivity contribution is 0.102. The highest BCUT2D eigenvalue weighted by Crippen LogP contribution is 2.24. The van der Waals surface area contributed by atoms with Crippen LogP contribution in [0.5, 0.6) is 0 Å². The molecule has 6 nitrogen and oxygen atoms in total. The normalized spacial score (nSPS) is 11.5. The maximum atomic E-state index is 13.7. The third-order valence-electron chi connectivity index (χ3n) is 3.85. The van der Waals surface area contributed by atoms with E-state index in [9.17, 15) is 17.6 Å². The molecule has 0 unspecified atom stereocenters. The Morgan fingerprint density at radius 2 is 1.85 bits per heavy atom. The summed E-state index contributed by atoms with van der Waals surface area (Å²) in [5.41, 5.74) is 3.39. The fourth-order valence-electron chi connectivity index (χ4n) is 2.80. The molecule has 0 atom stereocenters. The van der Waals surface area contributed by atoms with E-state index in [0.717, 1.165) is 34.4 Å². The Bertz CT molecular complexity index is 1120. The molecule has 3 rings (SSSR count). The average Bonchev–Trinajstić information content (AvgIpc) is 2.93. The number of hydrogen-bond donors (Lipinski definition) is 3. The number of halogens is 1. The maximum absolute atomic E-state index is 13.7. The van der Waals surface area contributed by atoms with Gasteiger partial charge in [0, 0.05) is 16.6 Å². The van der Waals surface area contributed by atoms with Gasteiger partial charge in [-0.15, -0.1) is 0 Å². The average molecular weight is 375 g/mol. The van der Waals surface area contributed by atoms with Gasteiger partial charge >= 0.3 is 0 Å². The zero-order valence-electron chi connectivity index (χ0n) is 14.5. The van der Waals surface area contributed by atoms with Crippen LogP contribution >= 0.6 is 0 Å². The zero-order chi connectivity index (χ0) is 19.1. The van der Waals surface area contributed by atoms with Crippen LogP contribution in [0, 0.1) is 19.7 Å². The molecule has 136 valence electrons. The van der Waals surface area contributed by atoms with Crippen molar-refractivity contribution in [1.29, 1.82) is 0 Å². The molecule has 0 bridgehead atoms. The summed E-state index contributed by atoms with van der Waals surface area (Å²) >= 11 is 0. The molecular weight excluding hydrogens is 357 g/mol. The van der Waals surface area contributed by atoms with Crippen LogP contribution in [0.4, 0.5) is 15.8 Å². The Morgan fingerprint density at radius 1 is 1.12 bits per heavy atom. The number of aromatic amines is 1. The van der Waals surface area contributed by atoms with E-state index in [1.807, 2.05) is 26.0 Å². The van der Waals surface area contributed by atoms with E-state index in [2.05, 4.69) is 15.0 Å². The van der Waals surface area contributed by atoms with Crippen LogP contribution in [0.2, 0.25) is 0 Å². The van der Waals surface area contributed by atoms with Crippen LogP contribution in [0.3, 0.4) is 0 Å². The van der Waals surface area contributed by atoms with Gasteiger partial charge < -0.3 is 10.3 Å². The van der Waals surface area contributed by atoms with Crippen LogP contribution in [0.1, 0.15) is 21.6 Å². The van der Waals surface area contributed by atoms with Gasteiger partial charge in [0.15, 0.2) is 0 Å². The minimum absolute atomic E-state index is 0.228. The molecule has 0 spiro atoms. The third-order valence-corrected chi connectivity index (χ3v) is 4.44. The second-order valence-electron chi connectivity index (χ2n) is 6.25. The van der Waals surface area contributed by atoms with Crippen LogP contribution in [-0.4, -0.2) is 25.6 Å². The summed E-state index contributed by atoms with van der Waals surface area (Å²) in [5.74, 6) is -1.14. The summed E-state index contributed by atoms with van der Waals surface area (Å²) in [6.45, 7) is 3.94. The molecule has 26 heavy (non-hydrogen) atoms. The van der Waals surface area contributed by atoms with E-state index in [1.165, 1.54) is 12.1 Å². The monoisotopic (exact) mass is 375 g/mol. The minimum atomic E-state index is -3.63. The van der Waals surface area contributed by atoms with Gasteiger partial charge in [-0.3, -0.25) is 9.52 Å². The minimum Gasteiger partial charge on any atom is -0.351 e. The molecule has 0 aliphatic carbocycles. The molecule has 3 aromatic rings. The Morgan fingerprint density at radius 3 is 2.54 bits per heavy atom. The maximum Gasteiger partial charge on any atom is 0.272 e. The highest BCUT2D eigenvalue weighted by Gasteiger charge is 2.14. The van der Waals surface area contributed by atoms with Crippen molar-refractivity contribution in [3.8, 4) is 0 Å². The SMILES string of the molecule is Cc1cc(C)c2cc(C(=O)Nc3ccc(F)c(NS(C)(=O)=O)c3)[nH]c2c1. The number of anilines is 2. The van der Waals surface area contributed by atoms with Gasteiger partial charge in [-0.05, 0) is 55.3 Å². The topological polar surface area (TPSA) is 91.1 Å². The summed E-state index contributed by atoms with van der Waals surface area (Å²) in [4.78, 5) is 15.6. The summed E-state index contributed by atoms with van der Waals surface area (Å²) in [6, 6.07) is 9.40. The van der Waals surface area contributed by atoms with Crippen molar-refractivity contribution in [2.75, 3.05) is 16.3 Å². The summed E-state index contributed by atoms with van der Waals surface area (Å²) in [7, 11) is -3.63. The van der Waals surface area contributed by atoms with Crippen molar-refractivity contribution in [2.45, 2.75) is 13.8 Å². The number of benzene rings is 2. The number of rotatable bonds is 4. The molecule has 0 aliphatic heterocycles. The fraction of sp³-hybridized carbons (Fsp3) is 0.167. The van der Waals surface area contributed by atoms with E-state index in [1.54, 1.807) is 6.07 Å². The molecule has 3 N–H and O–H groups in total. The highest BCUT2D eigenvalue weighted by atomic mass is 32.2. The lowest BCUT2D eigenvalue weighted by atomic mass is 10.1. The van der Waals surface area contributed by atoms with Crippen LogP contribution in [0.25, 0.3) is 10.9 Å². The first kappa shape index (κ1) is 17.9. The first-order valence-electron chi connectivity index (χ1n) is 7.81. The summed E-state index contributed by atoms with van der Waals surface area (Å²) < 4.78 is 38.4. The van der Waals surface area contributed by atoms with Crippen molar-refractivity contribution < 1.29 is 17.6 Å². The number of aryl methyl sites for hydroxylation is 2.